The highest BCUT2D eigenvalue weighted by Gasteiger charge is 2.23. The van der Waals surface area contributed by atoms with Crippen molar-refractivity contribution in [1.29, 1.82) is 0 Å². The largest absolute Gasteiger partial charge is 0.466 e. The average Bonchev–Trinajstić information content (AvgIpc) is 2.95. The fourth-order valence-electron chi connectivity index (χ4n) is 2.39. The van der Waals surface area contributed by atoms with Crippen molar-refractivity contribution in [2.45, 2.75) is 13.3 Å². The second kappa shape index (κ2) is 6.39. The Kier molecular flexibility index (Phi) is 4.14. The summed E-state index contributed by atoms with van der Waals surface area (Å²) >= 11 is 0. The van der Waals surface area contributed by atoms with Crippen LogP contribution in [0.3, 0.4) is 0 Å². The third-order valence-corrected chi connectivity index (χ3v) is 3.34. The highest BCUT2D eigenvalue weighted by atomic mass is 16.5. The fraction of sp³-hybridized carbons (Fsp3) is 0.176. The summed E-state index contributed by atoms with van der Waals surface area (Å²) in [5.74, 6) is -0.870. The number of carbonyl (C=O) groups excluding carboxylic acids is 2. The number of hydrogen-bond donors (Lipinski definition) is 0. The highest BCUT2D eigenvalue weighted by Crippen LogP contribution is 2.26. The predicted molar refractivity (Wildman–Crippen MR) is 84.0 cm³/mol. The first-order valence-electron chi connectivity index (χ1n) is 7.28. The lowest BCUT2D eigenvalue weighted by molar-refractivity contribution is -0.141. The third-order valence-electron chi connectivity index (χ3n) is 3.34. The average molecular weight is 309 g/mol. The zero-order chi connectivity index (χ0) is 16.2. The Morgan fingerprint density at radius 3 is 2.74 bits per heavy atom. The van der Waals surface area contributed by atoms with Crippen molar-refractivity contribution in [3.63, 3.8) is 0 Å². The molecule has 3 heterocycles. The van der Waals surface area contributed by atoms with Gasteiger partial charge in [-0.05, 0) is 31.2 Å². The summed E-state index contributed by atoms with van der Waals surface area (Å²) in [5, 5.41) is 4.44. The standard InChI is InChI=1S/C17H15N3O3/c1-2-23-15(22)11-14(21)16-13-8-4-6-10-20(13)19-17(16)12-7-3-5-9-18-12/h3-10H,2,11H2,1H3. The Bertz CT molecular complexity index is 856. The SMILES string of the molecule is CCOC(=O)CC(=O)c1c(-c2ccccn2)nn2ccccc12. The summed E-state index contributed by atoms with van der Waals surface area (Å²) in [7, 11) is 0. The first-order valence-corrected chi connectivity index (χ1v) is 7.28. The van der Waals surface area contributed by atoms with Gasteiger partial charge in [-0.25, -0.2) is 4.52 Å². The maximum Gasteiger partial charge on any atom is 0.313 e. The number of Topliss-reactive ketones (excluding diaryl/α,β-unsaturated/α-hetero) is 1. The van der Waals surface area contributed by atoms with Gasteiger partial charge in [-0.3, -0.25) is 14.6 Å². The van der Waals surface area contributed by atoms with Crippen molar-refractivity contribution in [3.05, 3.63) is 54.4 Å². The molecule has 0 spiro atoms. The molecule has 0 radical (unpaired) electrons. The van der Waals surface area contributed by atoms with E-state index in [4.69, 9.17) is 4.74 Å². The third kappa shape index (κ3) is 2.96. The van der Waals surface area contributed by atoms with Crippen LogP contribution in [0.25, 0.3) is 16.9 Å². The van der Waals surface area contributed by atoms with E-state index in [1.54, 1.807) is 42.0 Å². The molecule has 0 N–H and O–H groups in total. The molecular weight excluding hydrogens is 294 g/mol. The predicted octanol–water partition coefficient (Wildman–Crippen LogP) is 2.53. The van der Waals surface area contributed by atoms with E-state index < -0.39 is 5.97 Å². The molecule has 116 valence electrons. The lowest BCUT2D eigenvalue weighted by atomic mass is 10.0. The van der Waals surface area contributed by atoms with Crippen molar-refractivity contribution in [1.82, 2.24) is 14.6 Å². The smallest absolute Gasteiger partial charge is 0.313 e. The monoisotopic (exact) mass is 309 g/mol. The van der Waals surface area contributed by atoms with E-state index in [0.717, 1.165) is 0 Å². The zero-order valence-electron chi connectivity index (χ0n) is 12.6. The first kappa shape index (κ1) is 14.9. The van der Waals surface area contributed by atoms with E-state index in [0.29, 0.717) is 22.5 Å². The van der Waals surface area contributed by atoms with Crippen LogP contribution in [-0.4, -0.2) is 33.0 Å². The molecule has 23 heavy (non-hydrogen) atoms. The molecule has 0 bridgehead atoms. The van der Waals surface area contributed by atoms with Crippen molar-refractivity contribution < 1.29 is 14.3 Å². The van der Waals surface area contributed by atoms with Gasteiger partial charge in [-0.2, -0.15) is 5.10 Å². The van der Waals surface area contributed by atoms with Crippen molar-refractivity contribution in [2.75, 3.05) is 6.61 Å². The molecule has 6 heteroatoms. The molecule has 0 unspecified atom stereocenters. The van der Waals surface area contributed by atoms with Crippen molar-refractivity contribution in [2.24, 2.45) is 0 Å². The van der Waals surface area contributed by atoms with Gasteiger partial charge in [0.2, 0.25) is 0 Å². The molecule has 0 aromatic carbocycles. The number of ether oxygens (including phenoxy) is 1. The molecule has 0 aliphatic rings. The van der Waals surface area contributed by atoms with Crippen LogP contribution in [-0.2, 0) is 9.53 Å². The summed E-state index contributed by atoms with van der Waals surface area (Å²) in [6.45, 7) is 1.95. The molecule has 0 saturated heterocycles. The van der Waals surface area contributed by atoms with E-state index in [1.807, 2.05) is 18.2 Å². The normalized spacial score (nSPS) is 10.7. The summed E-state index contributed by atoms with van der Waals surface area (Å²) < 4.78 is 6.48. The fourth-order valence-corrected chi connectivity index (χ4v) is 2.39. The van der Waals surface area contributed by atoms with Gasteiger partial charge >= 0.3 is 5.97 Å². The minimum absolute atomic E-state index is 0.244. The number of nitrogens with zero attached hydrogens (tertiary/aromatic N) is 3. The van der Waals surface area contributed by atoms with Crippen LogP contribution in [0, 0.1) is 0 Å². The summed E-state index contributed by atoms with van der Waals surface area (Å²) in [4.78, 5) is 28.5. The topological polar surface area (TPSA) is 73.6 Å². The van der Waals surface area contributed by atoms with E-state index in [2.05, 4.69) is 10.1 Å². The highest BCUT2D eigenvalue weighted by molar-refractivity contribution is 6.13. The van der Waals surface area contributed by atoms with Gasteiger partial charge in [0.15, 0.2) is 5.78 Å². The molecule has 0 aliphatic carbocycles. The molecule has 0 atom stereocenters. The number of carbonyl (C=O) groups is 2. The number of hydrogen-bond acceptors (Lipinski definition) is 5. The van der Waals surface area contributed by atoms with Crippen LogP contribution in [0.15, 0.2) is 48.8 Å². The Morgan fingerprint density at radius 2 is 2.00 bits per heavy atom. The first-order chi connectivity index (χ1) is 11.2. The molecule has 0 saturated carbocycles. The summed E-state index contributed by atoms with van der Waals surface area (Å²) in [5.41, 5.74) is 2.08. The lowest BCUT2D eigenvalue weighted by Crippen LogP contribution is -2.12. The zero-order valence-corrected chi connectivity index (χ0v) is 12.6. The van der Waals surface area contributed by atoms with Crippen LogP contribution < -0.4 is 0 Å². The molecule has 0 amide bonds. The molecule has 0 aliphatic heterocycles. The summed E-state index contributed by atoms with van der Waals surface area (Å²) in [6, 6.07) is 10.8. The van der Waals surface area contributed by atoms with Crippen LogP contribution >= 0.6 is 0 Å². The summed E-state index contributed by atoms with van der Waals surface area (Å²) in [6.07, 6.45) is 3.08. The number of aromatic nitrogens is 3. The Balaban J connectivity index is 2.10. The van der Waals surface area contributed by atoms with Crippen LogP contribution in [0.1, 0.15) is 23.7 Å². The van der Waals surface area contributed by atoms with Gasteiger partial charge in [-0.15, -0.1) is 0 Å². The quantitative estimate of drug-likeness (QED) is 0.411. The van der Waals surface area contributed by atoms with Crippen LogP contribution in [0.4, 0.5) is 0 Å². The van der Waals surface area contributed by atoms with E-state index >= 15 is 0 Å². The van der Waals surface area contributed by atoms with Crippen molar-refractivity contribution in [3.8, 4) is 11.4 Å². The molecule has 0 fully saturated rings. The number of fused-ring (bicyclic) bond motifs is 1. The Hall–Kier alpha value is -3.02. The molecular formula is C17H15N3O3. The van der Waals surface area contributed by atoms with Gasteiger partial charge in [0.05, 0.1) is 23.4 Å². The minimum atomic E-state index is -0.542. The second-order valence-electron chi connectivity index (χ2n) is 4.87. The minimum Gasteiger partial charge on any atom is -0.466 e. The van der Waals surface area contributed by atoms with Gasteiger partial charge in [-0.1, -0.05) is 12.1 Å². The van der Waals surface area contributed by atoms with Crippen LogP contribution in [0.5, 0.6) is 0 Å². The van der Waals surface area contributed by atoms with E-state index in [-0.39, 0.29) is 18.8 Å². The molecule has 3 rings (SSSR count). The molecule has 3 aromatic rings. The van der Waals surface area contributed by atoms with Crippen LogP contribution in [0.2, 0.25) is 0 Å². The lowest BCUT2D eigenvalue weighted by Gasteiger charge is -2.03. The Morgan fingerprint density at radius 1 is 1.17 bits per heavy atom. The van der Waals surface area contributed by atoms with Gasteiger partial charge in [0.25, 0.3) is 0 Å². The maximum absolute atomic E-state index is 12.6. The molecule has 3 aromatic heterocycles. The van der Waals surface area contributed by atoms with Gasteiger partial charge < -0.3 is 4.74 Å². The van der Waals surface area contributed by atoms with Gasteiger partial charge in [0.1, 0.15) is 12.1 Å². The van der Waals surface area contributed by atoms with Gasteiger partial charge in [0, 0.05) is 12.4 Å². The number of rotatable bonds is 5. The maximum atomic E-state index is 12.6. The number of esters is 1. The molecule has 6 nitrogen and oxygen atoms in total. The second-order valence-corrected chi connectivity index (χ2v) is 4.87. The van der Waals surface area contributed by atoms with Crippen molar-refractivity contribution >= 4 is 17.3 Å². The Labute approximate surface area is 132 Å². The van der Waals surface area contributed by atoms with E-state index in [1.165, 1.54) is 0 Å². The van der Waals surface area contributed by atoms with E-state index in [9.17, 15) is 9.59 Å². The number of ketones is 1. The number of pyridine rings is 2.